The average molecular weight is 251 g/mol. The summed E-state index contributed by atoms with van der Waals surface area (Å²) < 4.78 is 10.3. The summed E-state index contributed by atoms with van der Waals surface area (Å²) in [7, 11) is 1.36. The number of esters is 1. The second-order valence-corrected chi connectivity index (χ2v) is 5.17. The van der Waals surface area contributed by atoms with Gasteiger partial charge in [0.2, 0.25) is 0 Å². The fourth-order valence-electron chi connectivity index (χ4n) is 1.52. The van der Waals surface area contributed by atoms with E-state index in [0.29, 0.717) is 0 Å². The zero-order valence-corrected chi connectivity index (χ0v) is 11.4. The van der Waals surface area contributed by atoms with Crippen LogP contribution in [0.5, 0.6) is 5.75 Å². The van der Waals surface area contributed by atoms with Crippen molar-refractivity contribution in [1.82, 2.24) is 0 Å². The number of ether oxygens (including phenoxy) is 2. The van der Waals surface area contributed by atoms with Crippen LogP contribution in [0.2, 0.25) is 0 Å². The second-order valence-electron chi connectivity index (χ2n) is 5.17. The van der Waals surface area contributed by atoms with Gasteiger partial charge in [0.1, 0.15) is 11.4 Å². The summed E-state index contributed by atoms with van der Waals surface area (Å²) in [6, 6.07) is 7.11. The largest absolute Gasteiger partial charge is 0.488 e. The van der Waals surface area contributed by atoms with Gasteiger partial charge in [-0.15, -0.1) is 0 Å². The number of nitrogens with two attached hydrogens (primary N) is 1. The smallest absolute Gasteiger partial charge is 0.307 e. The number of methoxy groups -OCH3 is 1. The van der Waals surface area contributed by atoms with Crippen molar-refractivity contribution >= 4 is 5.97 Å². The Morgan fingerprint density at radius 1 is 1.28 bits per heavy atom. The van der Waals surface area contributed by atoms with Gasteiger partial charge in [0, 0.05) is 6.04 Å². The third-order valence-corrected chi connectivity index (χ3v) is 2.35. The average Bonchev–Trinajstić information content (AvgIpc) is 2.27. The molecule has 0 saturated heterocycles. The van der Waals surface area contributed by atoms with Crippen LogP contribution in [-0.2, 0) is 9.53 Å². The lowest BCUT2D eigenvalue weighted by Gasteiger charge is -2.21. The Bertz CT molecular complexity index is 392. The first-order valence-electron chi connectivity index (χ1n) is 5.93. The molecule has 1 rings (SSSR count). The Labute approximate surface area is 108 Å². The van der Waals surface area contributed by atoms with Gasteiger partial charge in [-0.1, -0.05) is 12.1 Å². The monoisotopic (exact) mass is 251 g/mol. The minimum Gasteiger partial charge on any atom is -0.488 e. The summed E-state index contributed by atoms with van der Waals surface area (Å²) in [4.78, 5) is 11.1. The predicted molar refractivity (Wildman–Crippen MR) is 70.4 cm³/mol. The highest BCUT2D eigenvalue weighted by Gasteiger charge is 2.14. The molecule has 100 valence electrons. The van der Waals surface area contributed by atoms with Crippen molar-refractivity contribution in [2.24, 2.45) is 5.73 Å². The van der Waals surface area contributed by atoms with Crippen molar-refractivity contribution in [3.63, 3.8) is 0 Å². The molecule has 1 aromatic carbocycles. The standard InChI is InChI=1S/C14H21NO3/c1-14(2,3)18-11-7-5-10(6-8-11)12(15)9-13(16)17-4/h5-8,12H,9,15H2,1-4H3/t12-/m1/s1. The van der Waals surface area contributed by atoms with Crippen LogP contribution in [0.4, 0.5) is 0 Å². The molecule has 2 N–H and O–H groups in total. The summed E-state index contributed by atoms with van der Waals surface area (Å²) in [5, 5.41) is 0. The van der Waals surface area contributed by atoms with Crippen molar-refractivity contribution in [3.05, 3.63) is 29.8 Å². The zero-order valence-electron chi connectivity index (χ0n) is 11.4. The van der Waals surface area contributed by atoms with Gasteiger partial charge in [-0.2, -0.15) is 0 Å². The summed E-state index contributed by atoms with van der Waals surface area (Å²) in [6.07, 6.45) is 0.177. The highest BCUT2D eigenvalue weighted by atomic mass is 16.5. The van der Waals surface area contributed by atoms with Crippen LogP contribution in [0, 0.1) is 0 Å². The maximum Gasteiger partial charge on any atom is 0.307 e. The van der Waals surface area contributed by atoms with Crippen LogP contribution in [0.3, 0.4) is 0 Å². The first kappa shape index (κ1) is 14.5. The Balaban J connectivity index is 2.67. The molecule has 0 aliphatic heterocycles. The molecule has 0 spiro atoms. The molecule has 0 unspecified atom stereocenters. The Morgan fingerprint density at radius 3 is 2.28 bits per heavy atom. The molecule has 18 heavy (non-hydrogen) atoms. The molecular weight excluding hydrogens is 230 g/mol. The van der Waals surface area contributed by atoms with Gasteiger partial charge in [0.05, 0.1) is 13.5 Å². The molecule has 1 atom stereocenters. The van der Waals surface area contributed by atoms with Gasteiger partial charge < -0.3 is 15.2 Å². The number of rotatable bonds is 4. The number of hydrogen-bond acceptors (Lipinski definition) is 4. The molecule has 1 aromatic rings. The van der Waals surface area contributed by atoms with Crippen LogP contribution in [0.15, 0.2) is 24.3 Å². The summed E-state index contributed by atoms with van der Waals surface area (Å²) >= 11 is 0. The van der Waals surface area contributed by atoms with Crippen LogP contribution < -0.4 is 10.5 Å². The lowest BCUT2D eigenvalue weighted by molar-refractivity contribution is -0.141. The van der Waals surface area contributed by atoms with Gasteiger partial charge in [-0.05, 0) is 38.5 Å². The van der Waals surface area contributed by atoms with E-state index in [0.717, 1.165) is 11.3 Å². The molecule has 0 amide bonds. The van der Waals surface area contributed by atoms with Gasteiger partial charge in [-0.3, -0.25) is 4.79 Å². The first-order chi connectivity index (χ1) is 8.31. The molecular formula is C14H21NO3. The summed E-state index contributed by atoms with van der Waals surface area (Å²) in [6.45, 7) is 5.97. The SMILES string of the molecule is COC(=O)C[C@@H](N)c1ccc(OC(C)(C)C)cc1. The van der Waals surface area contributed by atoms with Gasteiger partial charge >= 0.3 is 5.97 Å². The topological polar surface area (TPSA) is 61.5 Å². The molecule has 4 heteroatoms. The highest BCUT2D eigenvalue weighted by Crippen LogP contribution is 2.21. The van der Waals surface area contributed by atoms with Crippen molar-refractivity contribution in [2.45, 2.75) is 38.8 Å². The van der Waals surface area contributed by atoms with Crippen molar-refractivity contribution < 1.29 is 14.3 Å². The Morgan fingerprint density at radius 2 is 1.83 bits per heavy atom. The van der Waals surface area contributed by atoms with E-state index in [1.165, 1.54) is 7.11 Å². The molecule has 0 heterocycles. The van der Waals surface area contributed by atoms with Crippen molar-refractivity contribution in [1.29, 1.82) is 0 Å². The van der Waals surface area contributed by atoms with Gasteiger partial charge in [0.15, 0.2) is 0 Å². The van der Waals surface area contributed by atoms with E-state index in [9.17, 15) is 4.79 Å². The third-order valence-electron chi connectivity index (χ3n) is 2.35. The zero-order chi connectivity index (χ0) is 13.8. The maximum absolute atomic E-state index is 11.1. The van der Waals surface area contributed by atoms with Gasteiger partial charge in [-0.25, -0.2) is 0 Å². The lowest BCUT2D eigenvalue weighted by Crippen LogP contribution is -2.23. The molecule has 0 bridgehead atoms. The highest BCUT2D eigenvalue weighted by molar-refractivity contribution is 5.70. The molecule has 0 aromatic heterocycles. The quantitative estimate of drug-likeness (QED) is 0.835. The van der Waals surface area contributed by atoms with Crippen molar-refractivity contribution in [3.8, 4) is 5.75 Å². The number of carbonyl (C=O) groups is 1. The normalized spacial score (nSPS) is 12.9. The predicted octanol–water partition coefficient (Wildman–Crippen LogP) is 2.43. The number of carbonyl (C=O) groups excluding carboxylic acids is 1. The summed E-state index contributed by atoms with van der Waals surface area (Å²) in [5.74, 6) is 0.481. The lowest BCUT2D eigenvalue weighted by atomic mass is 10.0. The third kappa shape index (κ3) is 4.75. The molecule has 0 saturated carbocycles. The van der Waals surface area contributed by atoms with Crippen LogP contribution >= 0.6 is 0 Å². The number of benzene rings is 1. The Hall–Kier alpha value is -1.55. The molecule has 0 aliphatic carbocycles. The van der Waals surface area contributed by atoms with E-state index in [1.807, 2.05) is 45.0 Å². The Kier molecular flexibility index (Phi) is 4.73. The maximum atomic E-state index is 11.1. The molecule has 0 radical (unpaired) electrons. The van der Waals surface area contributed by atoms with E-state index in [4.69, 9.17) is 10.5 Å². The minimum absolute atomic E-state index is 0.177. The fourth-order valence-corrected chi connectivity index (χ4v) is 1.52. The van der Waals surface area contributed by atoms with E-state index < -0.39 is 0 Å². The van der Waals surface area contributed by atoms with Crippen LogP contribution in [-0.4, -0.2) is 18.7 Å². The molecule has 4 nitrogen and oxygen atoms in total. The summed E-state index contributed by atoms with van der Waals surface area (Å²) in [5.41, 5.74) is 6.57. The fraction of sp³-hybridized carbons (Fsp3) is 0.500. The van der Waals surface area contributed by atoms with Gasteiger partial charge in [0.25, 0.3) is 0 Å². The van der Waals surface area contributed by atoms with Crippen LogP contribution in [0.25, 0.3) is 0 Å². The second kappa shape index (κ2) is 5.87. The molecule has 0 aliphatic rings. The van der Waals surface area contributed by atoms with E-state index in [2.05, 4.69) is 4.74 Å². The van der Waals surface area contributed by atoms with Crippen molar-refractivity contribution in [2.75, 3.05) is 7.11 Å². The number of hydrogen-bond donors (Lipinski definition) is 1. The van der Waals surface area contributed by atoms with E-state index >= 15 is 0 Å². The minimum atomic E-state index is -0.346. The first-order valence-corrected chi connectivity index (χ1v) is 5.93. The van der Waals surface area contributed by atoms with E-state index in [-0.39, 0.29) is 24.0 Å². The van der Waals surface area contributed by atoms with E-state index in [1.54, 1.807) is 0 Å². The molecule has 0 fully saturated rings. The van der Waals surface area contributed by atoms with Crippen LogP contribution in [0.1, 0.15) is 38.8 Å².